The molecule has 2 aromatic heterocycles. The van der Waals surface area contributed by atoms with E-state index in [2.05, 4.69) is 0 Å². The molecule has 0 aliphatic heterocycles. The molecule has 0 radical (unpaired) electrons. The summed E-state index contributed by atoms with van der Waals surface area (Å²) in [6.45, 7) is 0.288. The van der Waals surface area contributed by atoms with Crippen LogP contribution in [-0.4, -0.2) is 26.5 Å². The largest absolute Gasteiger partial charge is 0.440 e. The van der Waals surface area contributed by atoms with Crippen molar-refractivity contribution in [3.63, 3.8) is 0 Å². The Labute approximate surface area is 167 Å². The third kappa shape index (κ3) is 3.94. The standard InChI is InChI=1S/C19H17N5O6/c1-22(14-6-2-12(3-7-14)10-23-16(25)20-18(27)29-23)15-8-4-13(5-9-15)11-24-17(26)21-19(28)30-24/h2-9H,10-11H2,1H3,(H,20,25,27)(H,21,26,28). The maximum atomic E-state index is 11.5. The lowest BCUT2D eigenvalue weighted by molar-refractivity contribution is 0.258. The van der Waals surface area contributed by atoms with Gasteiger partial charge in [-0.05, 0) is 35.4 Å². The van der Waals surface area contributed by atoms with Crippen LogP contribution in [0.4, 0.5) is 11.4 Å². The number of nitrogens with one attached hydrogen (secondary N) is 2. The van der Waals surface area contributed by atoms with Crippen molar-refractivity contribution in [1.82, 2.24) is 19.4 Å². The van der Waals surface area contributed by atoms with Gasteiger partial charge in [0.15, 0.2) is 0 Å². The Kier molecular flexibility index (Phi) is 4.84. The van der Waals surface area contributed by atoms with Gasteiger partial charge in [-0.1, -0.05) is 24.3 Å². The third-order valence-corrected chi connectivity index (χ3v) is 4.56. The van der Waals surface area contributed by atoms with Crippen molar-refractivity contribution in [2.24, 2.45) is 0 Å². The molecule has 4 aromatic rings. The van der Waals surface area contributed by atoms with Gasteiger partial charge >= 0.3 is 22.9 Å². The van der Waals surface area contributed by atoms with E-state index in [-0.39, 0.29) is 13.1 Å². The van der Waals surface area contributed by atoms with Crippen LogP contribution in [0.5, 0.6) is 0 Å². The number of benzene rings is 2. The molecule has 0 bridgehead atoms. The number of H-pyrrole nitrogens is 2. The van der Waals surface area contributed by atoms with E-state index in [1.165, 1.54) is 0 Å². The number of hydrogen-bond acceptors (Lipinski definition) is 7. The lowest BCUT2D eigenvalue weighted by Crippen LogP contribution is -2.17. The molecule has 2 aromatic carbocycles. The van der Waals surface area contributed by atoms with Crippen molar-refractivity contribution in [2.75, 3.05) is 11.9 Å². The van der Waals surface area contributed by atoms with Crippen LogP contribution in [0.2, 0.25) is 0 Å². The summed E-state index contributed by atoms with van der Waals surface area (Å²) in [7, 11) is 1.90. The average Bonchev–Trinajstić information content (AvgIpc) is 3.21. The van der Waals surface area contributed by atoms with Gasteiger partial charge in [0.25, 0.3) is 0 Å². The summed E-state index contributed by atoms with van der Waals surface area (Å²) in [5, 5.41) is 0. The number of nitrogens with zero attached hydrogens (tertiary/aromatic N) is 3. The highest BCUT2D eigenvalue weighted by Gasteiger charge is 2.08. The van der Waals surface area contributed by atoms with Crippen LogP contribution in [0.1, 0.15) is 11.1 Å². The van der Waals surface area contributed by atoms with Crippen molar-refractivity contribution in [3.05, 3.63) is 102 Å². The van der Waals surface area contributed by atoms with Gasteiger partial charge < -0.3 is 13.9 Å². The number of rotatable bonds is 6. The fourth-order valence-corrected chi connectivity index (χ4v) is 2.97. The summed E-state index contributed by atoms with van der Waals surface area (Å²) in [5.74, 6) is -1.58. The van der Waals surface area contributed by atoms with Gasteiger partial charge in [0.05, 0.1) is 13.1 Å². The lowest BCUT2D eigenvalue weighted by atomic mass is 10.1. The molecule has 4 rings (SSSR count). The molecule has 0 amide bonds. The zero-order valence-corrected chi connectivity index (χ0v) is 15.8. The quantitative estimate of drug-likeness (QED) is 0.469. The first kappa shape index (κ1) is 19.1. The minimum atomic E-state index is -0.789. The summed E-state index contributed by atoms with van der Waals surface area (Å²) in [5.41, 5.74) is 2.21. The molecule has 0 unspecified atom stereocenters. The van der Waals surface area contributed by atoms with Gasteiger partial charge in [-0.15, -0.1) is 9.48 Å². The van der Waals surface area contributed by atoms with E-state index >= 15 is 0 Å². The first-order chi connectivity index (χ1) is 14.4. The number of aromatic nitrogens is 4. The van der Waals surface area contributed by atoms with E-state index < -0.39 is 22.9 Å². The van der Waals surface area contributed by atoms with Gasteiger partial charge in [-0.3, -0.25) is 0 Å². The fraction of sp³-hybridized carbons (Fsp3) is 0.158. The zero-order valence-electron chi connectivity index (χ0n) is 15.8. The molecule has 154 valence electrons. The maximum absolute atomic E-state index is 11.5. The normalized spacial score (nSPS) is 11.0. The van der Waals surface area contributed by atoms with Crippen molar-refractivity contribution < 1.29 is 9.05 Å². The molecule has 11 heteroatoms. The second-order valence-corrected chi connectivity index (χ2v) is 6.58. The van der Waals surface area contributed by atoms with Crippen LogP contribution in [0.25, 0.3) is 0 Å². The second kappa shape index (κ2) is 7.62. The molecule has 0 atom stereocenters. The monoisotopic (exact) mass is 411 g/mol. The SMILES string of the molecule is CN(c1ccc(Cn2oc(=O)[nH]c2=O)cc1)c1ccc(Cn2oc(=O)[nH]c2=O)cc1. The van der Waals surface area contributed by atoms with Gasteiger partial charge in [0, 0.05) is 18.4 Å². The topological polar surface area (TPSA) is 139 Å². The van der Waals surface area contributed by atoms with Crippen molar-refractivity contribution >= 4 is 11.4 Å². The third-order valence-electron chi connectivity index (χ3n) is 4.56. The molecule has 0 saturated heterocycles. The average molecular weight is 411 g/mol. The smallest absolute Gasteiger partial charge is 0.345 e. The van der Waals surface area contributed by atoms with Crippen molar-refractivity contribution in [2.45, 2.75) is 13.1 Å². The molecule has 0 spiro atoms. The first-order valence-corrected chi connectivity index (χ1v) is 8.91. The fourth-order valence-electron chi connectivity index (χ4n) is 2.97. The lowest BCUT2D eigenvalue weighted by Gasteiger charge is -2.20. The minimum absolute atomic E-state index is 0.144. The summed E-state index contributed by atoms with van der Waals surface area (Å²) in [6, 6.07) is 14.9. The predicted octanol–water partition coefficient (Wildman–Crippen LogP) is 0.437. The Morgan fingerprint density at radius 3 is 1.37 bits per heavy atom. The van der Waals surface area contributed by atoms with Crippen LogP contribution in [0.15, 0.2) is 76.8 Å². The van der Waals surface area contributed by atoms with Crippen LogP contribution in [0.3, 0.4) is 0 Å². The predicted molar refractivity (Wildman–Crippen MR) is 106 cm³/mol. The van der Waals surface area contributed by atoms with E-state index in [4.69, 9.17) is 9.05 Å². The molecule has 11 nitrogen and oxygen atoms in total. The number of hydrogen-bond donors (Lipinski definition) is 2. The molecule has 0 aliphatic carbocycles. The van der Waals surface area contributed by atoms with E-state index in [1.807, 2.05) is 70.4 Å². The number of anilines is 2. The molecule has 0 aliphatic rings. The van der Waals surface area contributed by atoms with Gasteiger partial charge in [-0.2, -0.15) is 0 Å². The highest BCUT2D eigenvalue weighted by molar-refractivity contribution is 5.62. The van der Waals surface area contributed by atoms with Gasteiger partial charge in [0.2, 0.25) is 0 Å². The highest BCUT2D eigenvalue weighted by Crippen LogP contribution is 2.24. The van der Waals surface area contributed by atoms with Crippen LogP contribution in [0, 0.1) is 0 Å². The Morgan fingerprint density at radius 1 is 0.700 bits per heavy atom. The Balaban J connectivity index is 1.46. The van der Waals surface area contributed by atoms with E-state index in [1.54, 1.807) is 0 Å². The summed E-state index contributed by atoms with van der Waals surface area (Å²) < 4.78 is 11.4. The van der Waals surface area contributed by atoms with Gasteiger partial charge in [0.1, 0.15) is 0 Å². The Bertz CT molecular complexity index is 1270. The maximum Gasteiger partial charge on any atom is 0.440 e. The summed E-state index contributed by atoms with van der Waals surface area (Å²) >= 11 is 0. The molecular formula is C19H17N5O6. The van der Waals surface area contributed by atoms with E-state index in [9.17, 15) is 19.2 Å². The summed E-state index contributed by atoms with van der Waals surface area (Å²) in [4.78, 5) is 51.2. The van der Waals surface area contributed by atoms with E-state index in [0.717, 1.165) is 32.0 Å². The van der Waals surface area contributed by atoms with E-state index in [0.29, 0.717) is 0 Å². The summed E-state index contributed by atoms with van der Waals surface area (Å²) in [6.07, 6.45) is 0. The molecule has 0 fully saturated rings. The Morgan fingerprint density at radius 2 is 1.07 bits per heavy atom. The molecule has 30 heavy (non-hydrogen) atoms. The second-order valence-electron chi connectivity index (χ2n) is 6.58. The van der Waals surface area contributed by atoms with Crippen molar-refractivity contribution in [3.8, 4) is 0 Å². The molecule has 2 N–H and O–H groups in total. The highest BCUT2D eigenvalue weighted by atomic mass is 16.5. The Hall–Kier alpha value is -4.28. The minimum Gasteiger partial charge on any atom is -0.345 e. The van der Waals surface area contributed by atoms with Crippen LogP contribution < -0.4 is 27.8 Å². The van der Waals surface area contributed by atoms with Crippen LogP contribution >= 0.6 is 0 Å². The molecule has 0 saturated carbocycles. The van der Waals surface area contributed by atoms with Gasteiger partial charge in [-0.25, -0.2) is 29.1 Å². The van der Waals surface area contributed by atoms with Crippen LogP contribution in [-0.2, 0) is 13.1 Å². The van der Waals surface area contributed by atoms with Crippen molar-refractivity contribution in [1.29, 1.82) is 0 Å². The molecule has 2 heterocycles. The molecular weight excluding hydrogens is 394 g/mol. The number of aromatic amines is 2. The zero-order chi connectivity index (χ0) is 21.3. The first-order valence-electron chi connectivity index (χ1n) is 8.91.